The Labute approximate surface area is 176 Å². The Morgan fingerprint density at radius 2 is 1.69 bits per heavy atom. The van der Waals surface area contributed by atoms with E-state index in [-0.39, 0.29) is 39.9 Å². The predicted molar refractivity (Wildman–Crippen MR) is 105 cm³/mol. The summed E-state index contributed by atoms with van der Waals surface area (Å²) in [7, 11) is 0. The number of halogens is 8. The Morgan fingerprint density at radius 3 is 2.17 bits per heavy atom. The molecule has 1 heterocycles. The summed E-state index contributed by atoms with van der Waals surface area (Å²) in [6, 6.07) is 1.17. The number of carbonyl (C=O) groups is 1. The largest absolute Gasteiger partial charge is 0.416 e. The minimum atomic E-state index is -4.99. The molecule has 1 aromatic rings. The van der Waals surface area contributed by atoms with Crippen LogP contribution < -0.4 is 0 Å². The topological polar surface area (TPSA) is 52.9 Å². The van der Waals surface area contributed by atoms with Crippen LogP contribution in [0.2, 0.25) is 0 Å². The van der Waals surface area contributed by atoms with Gasteiger partial charge in [-0.1, -0.05) is 32.3 Å². The van der Waals surface area contributed by atoms with Crippen LogP contribution in [0.1, 0.15) is 23.1 Å². The Kier molecular flexibility index (Phi) is 7.85. The van der Waals surface area contributed by atoms with Crippen LogP contribution in [0.25, 0.3) is 0 Å². The first-order valence-corrected chi connectivity index (χ1v) is 10.7. The number of nitrogens with zero attached hydrogens (tertiary/aromatic N) is 2. The number of benzene rings is 1. The quantitative estimate of drug-likeness (QED) is 0.410. The van der Waals surface area contributed by atoms with Crippen LogP contribution in [0, 0.1) is 0 Å². The standard InChI is InChI=1S/C17H14ClF6IN2O2/c18-14-13(25-2-3-26-14)15(29)27(4-1-5-28)9-10-6-11(16(19,20)21)8-12(7-10)17(22,23)24/h2-3,6-8,28H,1,4-5,9H2. The number of hydrogen-bond donors (Lipinski definition) is 1. The van der Waals surface area contributed by atoms with Gasteiger partial charge in [-0.25, -0.2) is 4.99 Å². The molecule has 29 heavy (non-hydrogen) atoms. The summed E-state index contributed by atoms with van der Waals surface area (Å²) in [5, 5.41) is 8.97. The lowest BCUT2D eigenvalue weighted by molar-refractivity contribution is -0.143. The molecule has 2 rings (SSSR count). The van der Waals surface area contributed by atoms with Crippen molar-refractivity contribution in [2.45, 2.75) is 25.3 Å². The van der Waals surface area contributed by atoms with E-state index < -0.39 is 56.7 Å². The van der Waals surface area contributed by atoms with Crippen molar-refractivity contribution >= 4 is 46.9 Å². The van der Waals surface area contributed by atoms with Gasteiger partial charge in [0.2, 0.25) is 0 Å². The van der Waals surface area contributed by atoms with Gasteiger partial charge in [-0.05, 0) is 34.3 Å². The number of aliphatic hydroxyl groups is 1. The zero-order valence-corrected chi connectivity index (χ0v) is 17.4. The number of aliphatic imine (C=N–C) groups is 1. The molecule has 0 saturated carbocycles. The van der Waals surface area contributed by atoms with E-state index in [0.717, 1.165) is 4.90 Å². The first-order valence-electron chi connectivity index (χ1n) is 8.01. The molecule has 1 aliphatic heterocycles. The minimum Gasteiger partial charge on any atom is -0.396 e. The zero-order valence-electron chi connectivity index (χ0n) is 14.5. The number of amides is 1. The van der Waals surface area contributed by atoms with Gasteiger partial charge in [-0.15, -0.1) is 0 Å². The molecule has 160 valence electrons. The summed E-state index contributed by atoms with van der Waals surface area (Å²) < 4.78 is 80.2. The van der Waals surface area contributed by atoms with Gasteiger partial charge < -0.3 is 10.0 Å². The summed E-state index contributed by atoms with van der Waals surface area (Å²) in [5.74, 6) is -0.629. The highest BCUT2D eigenvalue weighted by molar-refractivity contribution is 14.2. The fourth-order valence-electron chi connectivity index (χ4n) is 2.41. The second kappa shape index (κ2) is 9.56. The number of hydrogen-bond acceptors (Lipinski definition) is 3. The van der Waals surface area contributed by atoms with Crippen LogP contribution in [0.4, 0.5) is 26.3 Å². The molecule has 0 spiro atoms. The summed E-state index contributed by atoms with van der Waals surface area (Å²) in [4.78, 5) is 17.6. The molecular formula is C17H14ClF6IN2O2. The second-order valence-electron chi connectivity index (χ2n) is 5.84. The van der Waals surface area contributed by atoms with E-state index in [1.807, 2.05) is 0 Å². The molecule has 1 aromatic carbocycles. The molecule has 12 heteroatoms. The summed E-state index contributed by atoms with van der Waals surface area (Å²) in [6.45, 7) is -0.896. The lowest BCUT2D eigenvalue weighted by atomic mass is 10.0. The predicted octanol–water partition coefficient (Wildman–Crippen LogP) is 4.70. The summed E-state index contributed by atoms with van der Waals surface area (Å²) in [5.41, 5.74) is -3.26. The normalized spacial score (nSPS) is 14.8. The third-order valence-corrected chi connectivity index (χ3v) is 6.56. The fourth-order valence-corrected chi connectivity index (χ4v) is 4.50. The molecule has 1 N–H and O–H groups in total. The number of rotatable bonds is 6. The number of carbonyl (C=O) groups excluding carboxylic acids is 1. The maximum Gasteiger partial charge on any atom is 0.416 e. The highest BCUT2D eigenvalue weighted by atomic mass is 127. The SMILES string of the molecule is O=C(C1=IC=CN=C1Cl)N(CCCO)Cc1cc(C(F)(F)F)cc(C(F)(F)F)c1. The van der Waals surface area contributed by atoms with Crippen molar-refractivity contribution in [2.24, 2.45) is 4.99 Å². The smallest absolute Gasteiger partial charge is 0.396 e. The van der Waals surface area contributed by atoms with E-state index in [1.54, 1.807) is 4.08 Å². The first-order chi connectivity index (χ1) is 13.4. The Balaban J connectivity index is 2.42. The highest BCUT2D eigenvalue weighted by Gasteiger charge is 2.37. The summed E-state index contributed by atoms with van der Waals surface area (Å²) >= 11 is 4.98. The van der Waals surface area contributed by atoms with E-state index in [9.17, 15) is 31.1 Å². The average molecular weight is 555 g/mol. The van der Waals surface area contributed by atoms with E-state index in [2.05, 4.69) is 4.99 Å². The van der Waals surface area contributed by atoms with Crippen molar-refractivity contribution in [1.82, 2.24) is 4.90 Å². The van der Waals surface area contributed by atoms with E-state index in [4.69, 9.17) is 16.7 Å². The molecule has 0 aliphatic carbocycles. The molecule has 0 radical (unpaired) electrons. The molecule has 1 amide bonds. The van der Waals surface area contributed by atoms with Crippen molar-refractivity contribution in [3.05, 3.63) is 45.2 Å². The maximum absolute atomic E-state index is 13.1. The van der Waals surface area contributed by atoms with E-state index in [1.165, 1.54) is 6.20 Å². The maximum atomic E-state index is 13.1. The van der Waals surface area contributed by atoms with Gasteiger partial charge in [0.05, 0.1) is 11.1 Å². The van der Waals surface area contributed by atoms with Gasteiger partial charge in [-0.3, -0.25) is 4.79 Å². The highest BCUT2D eigenvalue weighted by Crippen LogP contribution is 2.36. The third kappa shape index (κ3) is 6.51. The van der Waals surface area contributed by atoms with Gasteiger partial charge in [-0.2, -0.15) is 26.3 Å². The monoisotopic (exact) mass is 554 g/mol. The lowest BCUT2D eigenvalue weighted by Gasteiger charge is -2.24. The van der Waals surface area contributed by atoms with Gasteiger partial charge in [0.1, 0.15) is 8.68 Å². The molecule has 0 saturated heterocycles. The van der Waals surface area contributed by atoms with Gasteiger partial charge in [0.25, 0.3) is 5.91 Å². The molecule has 0 atom stereocenters. The van der Waals surface area contributed by atoms with Crippen molar-refractivity contribution < 1.29 is 36.2 Å². The molecule has 0 fully saturated rings. The van der Waals surface area contributed by atoms with Crippen LogP contribution in [0.3, 0.4) is 0 Å². The third-order valence-electron chi connectivity index (χ3n) is 3.68. The van der Waals surface area contributed by atoms with Crippen LogP contribution in [-0.4, -0.2) is 37.7 Å². The van der Waals surface area contributed by atoms with Crippen LogP contribution in [-0.2, 0) is 23.7 Å². The van der Waals surface area contributed by atoms with Crippen molar-refractivity contribution in [3.8, 4) is 0 Å². The molecule has 4 nitrogen and oxygen atoms in total. The van der Waals surface area contributed by atoms with Crippen LogP contribution in [0.15, 0.2) is 33.5 Å². The molecule has 0 aromatic heterocycles. The molecule has 0 bridgehead atoms. The number of alkyl halides is 6. The number of aliphatic hydroxyl groups excluding tert-OH is 1. The molecule has 1 aliphatic rings. The average Bonchev–Trinajstić information content (AvgIpc) is 2.63. The van der Waals surface area contributed by atoms with Crippen molar-refractivity contribution in [1.29, 1.82) is 0 Å². The Hall–Kier alpha value is -1.47. The minimum absolute atomic E-state index is 0.0269. The fraction of sp³-hybridized carbons (Fsp3) is 0.353. The second-order valence-corrected chi connectivity index (χ2v) is 8.61. The Morgan fingerprint density at radius 1 is 1.10 bits per heavy atom. The molecule has 0 unspecified atom stereocenters. The lowest BCUT2D eigenvalue weighted by Crippen LogP contribution is -2.38. The van der Waals surface area contributed by atoms with Crippen LogP contribution >= 0.6 is 32.3 Å². The van der Waals surface area contributed by atoms with Gasteiger partial charge >= 0.3 is 12.4 Å². The van der Waals surface area contributed by atoms with E-state index in [0.29, 0.717) is 12.1 Å². The Bertz CT molecular complexity index is 832. The van der Waals surface area contributed by atoms with Crippen LogP contribution in [0.5, 0.6) is 0 Å². The molecular weight excluding hydrogens is 541 g/mol. The van der Waals surface area contributed by atoms with Crippen molar-refractivity contribution in [3.63, 3.8) is 0 Å². The zero-order chi connectivity index (χ0) is 21.8. The first kappa shape index (κ1) is 23.8. The summed E-state index contributed by atoms with van der Waals surface area (Å²) in [6.07, 6.45) is -8.46. The van der Waals surface area contributed by atoms with Gasteiger partial charge in [0, 0.05) is 25.9 Å². The van der Waals surface area contributed by atoms with Crippen molar-refractivity contribution in [2.75, 3.05) is 13.2 Å². The van der Waals surface area contributed by atoms with E-state index >= 15 is 0 Å². The van der Waals surface area contributed by atoms with Gasteiger partial charge in [0.15, 0.2) is 0 Å².